The van der Waals surface area contributed by atoms with E-state index in [2.05, 4.69) is 0 Å². The van der Waals surface area contributed by atoms with Crippen LogP contribution in [-0.2, 0) is 0 Å². The number of halogens is 2. The van der Waals surface area contributed by atoms with E-state index in [1.807, 2.05) is 0 Å². The topological polar surface area (TPSA) is 39.2 Å². The van der Waals surface area contributed by atoms with E-state index in [0.29, 0.717) is 5.76 Å². The lowest BCUT2D eigenvalue weighted by molar-refractivity contribution is 0.555. The molecule has 0 unspecified atom stereocenters. The molecule has 0 fully saturated rings. The molecule has 0 amide bonds. The summed E-state index contributed by atoms with van der Waals surface area (Å²) < 4.78 is 31.3. The fourth-order valence-corrected chi connectivity index (χ4v) is 1.41. The second-order valence-electron chi connectivity index (χ2n) is 3.15. The molecule has 0 spiro atoms. The van der Waals surface area contributed by atoms with Gasteiger partial charge in [0, 0.05) is 6.07 Å². The summed E-state index contributed by atoms with van der Waals surface area (Å²) in [5.74, 6) is -0.764. The van der Waals surface area contributed by atoms with Gasteiger partial charge in [-0.15, -0.1) is 0 Å². The van der Waals surface area contributed by atoms with Crippen LogP contribution in [0.3, 0.4) is 0 Å². The number of thiocarbonyl (C=S) groups is 1. The fraction of sp³-hybridized carbons (Fsp3) is 0. The number of rotatable bonds is 2. The first-order valence-corrected chi connectivity index (χ1v) is 4.84. The molecule has 0 bridgehead atoms. The highest BCUT2D eigenvalue weighted by Gasteiger charge is 2.11. The van der Waals surface area contributed by atoms with Gasteiger partial charge in [0.15, 0.2) is 5.76 Å². The van der Waals surface area contributed by atoms with Crippen molar-refractivity contribution in [1.29, 1.82) is 0 Å². The van der Waals surface area contributed by atoms with Gasteiger partial charge in [-0.2, -0.15) is 0 Å². The van der Waals surface area contributed by atoms with Crippen molar-refractivity contribution in [2.75, 3.05) is 0 Å². The summed E-state index contributed by atoms with van der Waals surface area (Å²) in [6.07, 6.45) is 0. The molecule has 82 valence electrons. The first-order valence-electron chi connectivity index (χ1n) is 4.43. The van der Waals surface area contributed by atoms with Crippen molar-refractivity contribution in [3.8, 4) is 11.3 Å². The van der Waals surface area contributed by atoms with E-state index < -0.39 is 11.6 Å². The van der Waals surface area contributed by atoms with Gasteiger partial charge in [-0.05, 0) is 24.3 Å². The standard InChI is InChI=1S/C11H7F2NOS/c12-6-1-2-7(8(13)5-6)9-3-4-10(15-9)11(14)16/h1-5H,(H2,14,16). The van der Waals surface area contributed by atoms with Gasteiger partial charge in [0.2, 0.25) is 0 Å². The van der Waals surface area contributed by atoms with E-state index >= 15 is 0 Å². The summed E-state index contributed by atoms with van der Waals surface area (Å²) in [7, 11) is 0. The monoisotopic (exact) mass is 239 g/mol. The molecule has 16 heavy (non-hydrogen) atoms. The molecule has 0 aliphatic rings. The first kappa shape index (κ1) is 10.8. The largest absolute Gasteiger partial charge is 0.454 e. The molecular formula is C11H7F2NOS. The summed E-state index contributed by atoms with van der Waals surface area (Å²) in [5.41, 5.74) is 5.52. The summed E-state index contributed by atoms with van der Waals surface area (Å²) in [4.78, 5) is 0.0915. The quantitative estimate of drug-likeness (QED) is 0.819. The average molecular weight is 239 g/mol. The Morgan fingerprint density at radius 2 is 1.94 bits per heavy atom. The van der Waals surface area contributed by atoms with E-state index in [-0.39, 0.29) is 16.3 Å². The van der Waals surface area contributed by atoms with Gasteiger partial charge in [-0.1, -0.05) is 12.2 Å². The third kappa shape index (κ3) is 1.94. The highest BCUT2D eigenvalue weighted by atomic mass is 32.1. The molecule has 0 saturated heterocycles. The van der Waals surface area contributed by atoms with Crippen molar-refractivity contribution in [3.63, 3.8) is 0 Å². The third-order valence-corrected chi connectivity index (χ3v) is 2.25. The molecule has 1 heterocycles. The van der Waals surface area contributed by atoms with E-state index in [9.17, 15) is 8.78 Å². The van der Waals surface area contributed by atoms with Crippen LogP contribution in [0.4, 0.5) is 8.78 Å². The third-order valence-electron chi connectivity index (χ3n) is 2.05. The molecule has 2 aromatic rings. The zero-order valence-corrected chi connectivity index (χ0v) is 8.85. The molecule has 0 radical (unpaired) electrons. The van der Waals surface area contributed by atoms with Crippen molar-refractivity contribution in [2.45, 2.75) is 0 Å². The molecule has 0 atom stereocenters. The molecule has 1 aromatic heterocycles. The molecule has 5 heteroatoms. The Balaban J connectivity index is 2.46. The summed E-state index contributed by atoms with van der Waals surface area (Å²) in [6, 6.07) is 6.32. The maximum absolute atomic E-state index is 13.4. The van der Waals surface area contributed by atoms with Gasteiger partial charge in [0.25, 0.3) is 0 Å². The van der Waals surface area contributed by atoms with Crippen LogP contribution in [0.15, 0.2) is 34.7 Å². The lowest BCUT2D eigenvalue weighted by Crippen LogP contribution is -2.07. The summed E-state index contributed by atoms with van der Waals surface area (Å²) >= 11 is 4.71. The summed E-state index contributed by atoms with van der Waals surface area (Å²) in [5, 5.41) is 0. The SMILES string of the molecule is NC(=S)c1ccc(-c2ccc(F)cc2F)o1. The molecule has 2 N–H and O–H groups in total. The second-order valence-corrected chi connectivity index (χ2v) is 3.59. The van der Waals surface area contributed by atoms with E-state index in [1.165, 1.54) is 12.1 Å². The molecule has 2 nitrogen and oxygen atoms in total. The van der Waals surface area contributed by atoms with Gasteiger partial charge >= 0.3 is 0 Å². The fourth-order valence-electron chi connectivity index (χ4n) is 1.30. The van der Waals surface area contributed by atoms with E-state index in [1.54, 1.807) is 6.07 Å². The average Bonchev–Trinajstić information content (AvgIpc) is 2.66. The van der Waals surface area contributed by atoms with Crippen molar-refractivity contribution in [3.05, 3.63) is 47.7 Å². The van der Waals surface area contributed by atoms with Crippen LogP contribution in [0.25, 0.3) is 11.3 Å². The van der Waals surface area contributed by atoms with Gasteiger partial charge in [-0.3, -0.25) is 0 Å². The molecule has 0 aliphatic heterocycles. The van der Waals surface area contributed by atoms with Crippen LogP contribution in [-0.4, -0.2) is 4.99 Å². The number of hydrogen-bond acceptors (Lipinski definition) is 2. The van der Waals surface area contributed by atoms with Crippen molar-refractivity contribution in [2.24, 2.45) is 5.73 Å². The minimum Gasteiger partial charge on any atom is -0.454 e. The minimum atomic E-state index is -0.691. The molecule has 1 aromatic carbocycles. The lowest BCUT2D eigenvalue weighted by atomic mass is 10.1. The van der Waals surface area contributed by atoms with E-state index in [0.717, 1.165) is 12.1 Å². The maximum atomic E-state index is 13.4. The van der Waals surface area contributed by atoms with Crippen LogP contribution in [0.5, 0.6) is 0 Å². The van der Waals surface area contributed by atoms with Crippen LogP contribution >= 0.6 is 12.2 Å². The number of furan rings is 1. The van der Waals surface area contributed by atoms with Crippen LogP contribution < -0.4 is 5.73 Å². The molecule has 0 aliphatic carbocycles. The Labute approximate surface area is 95.7 Å². The van der Waals surface area contributed by atoms with Crippen LogP contribution in [0, 0.1) is 11.6 Å². The lowest BCUT2D eigenvalue weighted by Gasteiger charge is -1.99. The van der Waals surface area contributed by atoms with Crippen LogP contribution in [0.2, 0.25) is 0 Å². The zero-order valence-electron chi connectivity index (χ0n) is 8.04. The van der Waals surface area contributed by atoms with Gasteiger partial charge in [0.05, 0.1) is 5.56 Å². The van der Waals surface area contributed by atoms with Gasteiger partial charge in [-0.25, -0.2) is 8.78 Å². The number of nitrogens with two attached hydrogens (primary N) is 1. The highest BCUT2D eigenvalue weighted by molar-refractivity contribution is 7.80. The predicted molar refractivity (Wildman–Crippen MR) is 59.9 cm³/mol. The smallest absolute Gasteiger partial charge is 0.161 e. The number of benzene rings is 1. The predicted octanol–water partition coefficient (Wildman–Crippen LogP) is 2.86. The Hall–Kier alpha value is -1.75. The van der Waals surface area contributed by atoms with Crippen molar-refractivity contribution >= 4 is 17.2 Å². The first-order chi connectivity index (χ1) is 7.58. The van der Waals surface area contributed by atoms with Crippen molar-refractivity contribution < 1.29 is 13.2 Å². The van der Waals surface area contributed by atoms with E-state index in [4.69, 9.17) is 22.4 Å². The molecule has 2 rings (SSSR count). The Bertz CT molecular complexity index is 551. The van der Waals surface area contributed by atoms with Crippen LogP contribution in [0.1, 0.15) is 5.76 Å². The Kier molecular flexibility index (Phi) is 2.70. The van der Waals surface area contributed by atoms with Crippen molar-refractivity contribution in [1.82, 2.24) is 0 Å². The van der Waals surface area contributed by atoms with Gasteiger partial charge in [0.1, 0.15) is 22.4 Å². The normalized spacial score (nSPS) is 10.4. The minimum absolute atomic E-state index is 0.0915. The molecular weight excluding hydrogens is 232 g/mol. The highest BCUT2D eigenvalue weighted by Crippen LogP contribution is 2.25. The summed E-state index contributed by atoms with van der Waals surface area (Å²) in [6.45, 7) is 0. The van der Waals surface area contributed by atoms with Gasteiger partial charge < -0.3 is 10.2 Å². The Morgan fingerprint density at radius 3 is 2.50 bits per heavy atom. The Morgan fingerprint density at radius 1 is 1.19 bits per heavy atom. The maximum Gasteiger partial charge on any atom is 0.161 e. The second kappa shape index (κ2) is 4.02. The zero-order chi connectivity index (χ0) is 11.7. The number of hydrogen-bond donors (Lipinski definition) is 1. The molecule has 0 saturated carbocycles.